The fourth-order valence-corrected chi connectivity index (χ4v) is 1.51. The number of anilines is 1. The van der Waals surface area contributed by atoms with Gasteiger partial charge in [0.15, 0.2) is 0 Å². The first-order valence-corrected chi connectivity index (χ1v) is 5.76. The molecule has 0 aliphatic heterocycles. The molecule has 0 heterocycles. The highest BCUT2D eigenvalue weighted by Gasteiger charge is 2.03. The monoisotopic (exact) mass is 217 g/mol. The van der Waals surface area contributed by atoms with E-state index < -0.39 is 0 Å². The maximum atomic E-state index is 3.86. The van der Waals surface area contributed by atoms with Crippen molar-refractivity contribution >= 4 is 17.8 Å². The van der Waals surface area contributed by atoms with Gasteiger partial charge in [0.1, 0.15) is 0 Å². The van der Waals surface area contributed by atoms with Crippen molar-refractivity contribution in [2.45, 2.75) is 20.8 Å². The molecular formula is C15H23N. The number of allylic oxidation sites excluding steroid dienone is 1. The van der Waals surface area contributed by atoms with Crippen LogP contribution in [0.3, 0.4) is 0 Å². The lowest BCUT2D eigenvalue weighted by molar-refractivity contribution is 1.13. The van der Waals surface area contributed by atoms with E-state index in [2.05, 4.69) is 35.8 Å². The van der Waals surface area contributed by atoms with Crippen molar-refractivity contribution in [2.75, 3.05) is 19.0 Å². The normalized spacial score (nSPS) is 9.56. The Balaban J connectivity index is 0.00000106. The lowest BCUT2D eigenvalue weighted by atomic mass is 10.0. The fraction of sp³-hybridized carbons (Fsp3) is 0.333. The number of rotatable bonds is 3. The summed E-state index contributed by atoms with van der Waals surface area (Å²) in [7, 11) is 4.09. The third-order valence-electron chi connectivity index (χ3n) is 2.15. The largest absolute Gasteiger partial charge is 0.377 e. The van der Waals surface area contributed by atoms with E-state index in [1.165, 1.54) is 16.8 Å². The van der Waals surface area contributed by atoms with Crippen molar-refractivity contribution in [1.29, 1.82) is 0 Å². The summed E-state index contributed by atoms with van der Waals surface area (Å²) < 4.78 is 0. The Morgan fingerprint density at radius 1 is 1.19 bits per heavy atom. The van der Waals surface area contributed by atoms with Gasteiger partial charge in [0.25, 0.3) is 0 Å². The van der Waals surface area contributed by atoms with Crippen LogP contribution in [-0.4, -0.2) is 14.1 Å². The highest BCUT2D eigenvalue weighted by atomic mass is 15.1. The van der Waals surface area contributed by atoms with Crippen LogP contribution in [0.4, 0.5) is 5.69 Å². The molecule has 0 atom stereocenters. The van der Waals surface area contributed by atoms with E-state index in [1.807, 2.05) is 47.0 Å². The van der Waals surface area contributed by atoms with Crippen molar-refractivity contribution in [3.8, 4) is 0 Å². The second-order valence-corrected chi connectivity index (χ2v) is 3.38. The van der Waals surface area contributed by atoms with Crippen LogP contribution in [0.15, 0.2) is 30.9 Å². The summed E-state index contributed by atoms with van der Waals surface area (Å²) in [6, 6.07) is 6.27. The standard InChI is InChI=1S/C13H17N.C2H6/c1-5-8-11-9-7-10-13(14(3)4)12(11)6-2;1-2/h5-10H,2H2,1,3-4H3;1-2H3/b8-5-;. The highest BCUT2D eigenvalue weighted by Crippen LogP contribution is 2.24. The average molecular weight is 217 g/mol. The molecule has 0 amide bonds. The van der Waals surface area contributed by atoms with Crippen molar-refractivity contribution in [2.24, 2.45) is 0 Å². The van der Waals surface area contributed by atoms with E-state index in [1.54, 1.807) is 0 Å². The van der Waals surface area contributed by atoms with Crippen molar-refractivity contribution < 1.29 is 0 Å². The number of hydrogen-bond donors (Lipinski definition) is 0. The van der Waals surface area contributed by atoms with Crippen molar-refractivity contribution in [3.05, 3.63) is 42.0 Å². The zero-order valence-corrected chi connectivity index (χ0v) is 11.1. The summed E-state index contributed by atoms with van der Waals surface area (Å²) in [6.45, 7) is 9.88. The minimum absolute atomic E-state index is 1.19. The first-order valence-electron chi connectivity index (χ1n) is 5.76. The van der Waals surface area contributed by atoms with Crippen LogP contribution in [0.25, 0.3) is 12.2 Å². The number of hydrogen-bond acceptors (Lipinski definition) is 1. The molecule has 16 heavy (non-hydrogen) atoms. The second-order valence-electron chi connectivity index (χ2n) is 3.38. The minimum Gasteiger partial charge on any atom is -0.377 e. The van der Waals surface area contributed by atoms with E-state index >= 15 is 0 Å². The van der Waals surface area contributed by atoms with Crippen LogP contribution in [-0.2, 0) is 0 Å². The first kappa shape index (κ1) is 14.5. The van der Waals surface area contributed by atoms with Crippen LogP contribution in [0.5, 0.6) is 0 Å². The molecule has 0 radical (unpaired) electrons. The summed E-state index contributed by atoms with van der Waals surface area (Å²) in [5.74, 6) is 0. The van der Waals surface area contributed by atoms with Gasteiger partial charge in [-0.25, -0.2) is 0 Å². The molecule has 1 aromatic rings. The molecule has 0 N–H and O–H groups in total. The van der Waals surface area contributed by atoms with Crippen LogP contribution >= 0.6 is 0 Å². The number of benzene rings is 1. The Bertz CT molecular complexity index is 348. The zero-order chi connectivity index (χ0) is 12.6. The van der Waals surface area contributed by atoms with Gasteiger partial charge in [0.2, 0.25) is 0 Å². The summed E-state index contributed by atoms with van der Waals surface area (Å²) in [5.41, 5.74) is 3.61. The molecule has 88 valence electrons. The van der Waals surface area contributed by atoms with Gasteiger partial charge in [0.05, 0.1) is 0 Å². The SMILES string of the molecule is C=Cc1c(/C=C\C)cccc1N(C)C.CC. The van der Waals surface area contributed by atoms with Crippen LogP contribution in [0, 0.1) is 0 Å². The molecule has 1 heteroatoms. The Kier molecular flexibility index (Phi) is 7.02. The van der Waals surface area contributed by atoms with E-state index in [-0.39, 0.29) is 0 Å². The van der Waals surface area contributed by atoms with Gasteiger partial charge < -0.3 is 4.90 Å². The topological polar surface area (TPSA) is 3.24 Å². The van der Waals surface area contributed by atoms with Gasteiger partial charge in [-0.15, -0.1) is 0 Å². The van der Waals surface area contributed by atoms with Gasteiger partial charge in [0, 0.05) is 25.3 Å². The molecule has 1 aromatic carbocycles. The summed E-state index contributed by atoms with van der Waals surface area (Å²) in [5, 5.41) is 0. The Hall–Kier alpha value is -1.50. The van der Waals surface area contributed by atoms with Gasteiger partial charge in [-0.1, -0.05) is 50.8 Å². The molecule has 0 saturated carbocycles. The average Bonchev–Trinajstić information content (AvgIpc) is 2.31. The molecule has 0 aliphatic carbocycles. The predicted molar refractivity (Wildman–Crippen MR) is 76.9 cm³/mol. The molecule has 1 rings (SSSR count). The quantitative estimate of drug-likeness (QED) is 0.722. The second kappa shape index (κ2) is 7.75. The van der Waals surface area contributed by atoms with Crippen molar-refractivity contribution in [3.63, 3.8) is 0 Å². The van der Waals surface area contributed by atoms with E-state index in [4.69, 9.17) is 0 Å². The van der Waals surface area contributed by atoms with Gasteiger partial charge in [-0.2, -0.15) is 0 Å². The predicted octanol–water partition coefficient (Wildman–Crippen LogP) is 4.45. The third-order valence-corrected chi connectivity index (χ3v) is 2.15. The molecular weight excluding hydrogens is 194 g/mol. The number of nitrogens with zero attached hydrogens (tertiary/aromatic N) is 1. The Morgan fingerprint density at radius 3 is 2.25 bits per heavy atom. The van der Waals surface area contributed by atoms with Crippen LogP contribution in [0.1, 0.15) is 31.9 Å². The van der Waals surface area contributed by atoms with Gasteiger partial charge >= 0.3 is 0 Å². The lowest BCUT2D eigenvalue weighted by Crippen LogP contribution is -2.10. The smallest absolute Gasteiger partial charge is 0.0440 e. The molecule has 0 fully saturated rings. The molecule has 0 aromatic heterocycles. The minimum atomic E-state index is 1.19. The molecule has 0 spiro atoms. The van der Waals surface area contributed by atoms with E-state index in [0.717, 1.165) is 0 Å². The molecule has 0 unspecified atom stereocenters. The molecule has 0 aliphatic rings. The molecule has 0 saturated heterocycles. The first-order chi connectivity index (χ1) is 7.70. The Morgan fingerprint density at radius 2 is 1.81 bits per heavy atom. The fourth-order valence-electron chi connectivity index (χ4n) is 1.51. The van der Waals surface area contributed by atoms with E-state index in [0.29, 0.717) is 0 Å². The van der Waals surface area contributed by atoms with Crippen LogP contribution < -0.4 is 4.90 Å². The zero-order valence-electron chi connectivity index (χ0n) is 11.1. The summed E-state index contributed by atoms with van der Waals surface area (Å²) in [4.78, 5) is 2.10. The maximum Gasteiger partial charge on any atom is 0.0440 e. The highest BCUT2D eigenvalue weighted by molar-refractivity contribution is 5.75. The van der Waals surface area contributed by atoms with Crippen molar-refractivity contribution in [1.82, 2.24) is 0 Å². The lowest BCUT2D eigenvalue weighted by Gasteiger charge is -2.17. The molecule has 0 bridgehead atoms. The van der Waals surface area contributed by atoms with E-state index in [9.17, 15) is 0 Å². The maximum absolute atomic E-state index is 3.86. The third kappa shape index (κ3) is 3.58. The molecule has 1 nitrogen and oxygen atoms in total. The Labute approximate surface area is 100 Å². The summed E-state index contributed by atoms with van der Waals surface area (Å²) >= 11 is 0. The van der Waals surface area contributed by atoms with Crippen LogP contribution in [0.2, 0.25) is 0 Å². The summed E-state index contributed by atoms with van der Waals surface area (Å²) in [6.07, 6.45) is 6.05. The van der Waals surface area contributed by atoms with Gasteiger partial charge in [-0.05, 0) is 18.6 Å². The van der Waals surface area contributed by atoms with Gasteiger partial charge in [-0.3, -0.25) is 0 Å².